The highest BCUT2D eigenvalue weighted by molar-refractivity contribution is 6.46. The second-order valence-electron chi connectivity index (χ2n) is 7.41. The SMILES string of the molecule is CCOC(=O)C1C(=NNc2ccccc2)C(=O)N(C2CCCCC2)C1C(=O)OCC. The molecule has 0 bridgehead atoms. The Morgan fingerprint density at radius 2 is 1.67 bits per heavy atom. The summed E-state index contributed by atoms with van der Waals surface area (Å²) in [6.07, 6.45) is 4.62. The number of ether oxygens (including phenoxy) is 2. The first-order valence-electron chi connectivity index (χ1n) is 10.6. The van der Waals surface area contributed by atoms with E-state index in [1.807, 2.05) is 18.2 Å². The molecule has 1 N–H and O–H groups in total. The third kappa shape index (κ3) is 4.63. The van der Waals surface area contributed by atoms with Gasteiger partial charge in [-0.25, -0.2) is 4.79 Å². The molecule has 1 amide bonds. The molecule has 1 aromatic carbocycles. The number of amides is 1. The van der Waals surface area contributed by atoms with Crippen LogP contribution in [-0.2, 0) is 23.9 Å². The van der Waals surface area contributed by atoms with E-state index in [2.05, 4.69) is 10.5 Å². The number of nitrogens with one attached hydrogen (secondary N) is 1. The van der Waals surface area contributed by atoms with Gasteiger partial charge >= 0.3 is 11.9 Å². The van der Waals surface area contributed by atoms with Gasteiger partial charge in [0.1, 0.15) is 17.7 Å². The van der Waals surface area contributed by atoms with E-state index < -0.39 is 29.8 Å². The number of hydrogen-bond acceptors (Lipinski definition) is 7. The van der Waals surface area contributed by atoms with Gasteiger partial charge in [-0.2, -0.15) is 5.10 Å². The zero-order valence-electron chi connectivity index (χ0n) is 17.5. The zero-order valence-corrected chi connectivity index (χ0v) is 17.5. The second-order valence-corrected chi connectivity index (χ2v) is 7.41. The van der Waals surface area contributed by atoms with Crippen LogP contribution >= 0.6 is 0 Å². The molecule has 0 aromatic heterocycles. The third-order valence-electron chi connectivity index (χ3n) is 5.48. The fraction of sp³-hybridized carbons (Fsp3) is 0.545. The highest BCUT2D eigenvalue weighted by Crippen LogP contribution is 2.34. The third-order valence-corrected chi connectivity index (χ3v) is 5.48. The first kappa shape index (κ1) is 21.8. The van der Waals surface area contributed by atoms with E-state index in [4.69, 9.17) is 9.47 Å². The van der Waals surface area contributed by atoms with Gasteiger partial charge in [-0.05, 0) is 38.8 Å². The Morgan fingerprint density at radius 1 is 1.03 bits per heavy atom. The second kappa shape index (κ2) is 10.2. The summed E-state index contributed by atoms with van der Waals surface area (Å²) in [5.74, 6) is -2.79. The van der Waals surface area contributed by atoms with Crippen LogP contribution in [0.2, 0.25) is 0 Å². The minimum absolute atomic E-state index is 0.0130. The van der Waals surface area contributed by atoms with Crippen LogP contribution in [0, 0.1) is 5.92 Å². The van der Waals surface area contributed by atoms with Crippen molar-refractivity contribution < 1.29 is 23.9 Å². The normalized spacial score (nSPS) is 23.5. The molecule has 1 saturated carbocycles. The maximum Gasteiger partial charge on any atom is 0.330 e. The predicted molar refractivity (Wildman–Crippen MR) is 112 cm³/mol. The summed E-state index contributed by atoms with van der Waals surface area (Å²) < 4.78 is 10.5. The molecule has 30 heavy (non-hydrogen) atoms. The van der Waals surface area contributed by atoms with Crippen LogP contribution in [0.3, 0.4) is 0 Å². The summed E-state index contributed by atoms with van der Waals surface area (Å²) >= 11 is 0. The molecule has 8 nitrogen and oxygen atoms in total. The van der Waals surface area contributed by atoms with E-state index in [9.17, 15) is 14.4 Å². The Kier molecular flexibility index (Phi) is 7.43. The van der Waals surface area contributed by atoms with Crippen molar-refractivity contribution in [3.8, 4) is 0 Å². The van der Waals surface area contributed by atoms with Crippen molar-refractivity contribution in [3.63, 3.8) is 0 Å². The molecule has 162 valence electrons. The number of nitrogens with zero attached hydrogens (tertiary/aromatic N) is 2. The quantitative estimate of drug-likeness (QED) is 0.543. The van der Waals surface area contributed by atoms with Gasteiger partial charge in [-0.15, -0.1) is 0 Å². The average molecular weight is 415 g/mol. The molecular formula is C22H29N3O5. The van der Waals surface area contributed by atoms with Crippen molar-refractivity contribution in [1.82, 2.24) is 4.90 Å². The Bertz CT molecular complexity index is 789. The number of esters is 2. The van der Waals surface area contributed by atoms with Gasteiger partial charge in [0, 0.05) is 6.04 Å². The van der Waals surface area contributed by atoms with Gasteiger partial charge in [0.25, 0.3) is 5.91 Å². The fourth-order valence-electron chi connectivity index (χ4n) is 4.16. The number of carbonyl (C=O) groups is 3. The molecule has 3 rings (SSSR count). The van der Waals surface area contributed by atoms with Crippen LogP contribution in [0.25, 0.3) is 0 Å². The molecule has 1 heterocycles. The molecular weight excluding hydrogens is 386 g/mol. The topological polar surface area (TPSA) is 97.3 Å². The number of hydrogen-bond donors (Lipinski definition) is 1. The Balaban J connectivity index is 2.00. The van der Waals surface area contributed by atoms with Gasteiger partial charge in [0.05, 0.1) is 18.9 Å². The van der Waals surface area contributed by atoms with Crippen molar-refractivity contribution in [2.24, 2.45) is 11.0 Å². The van der Waals surface area contributed by atoms with Crippen molar-refractivity contribution in [2.75, 3.05) is 18.6 Å². The number of para-hydroxylation sites is 1. The smallest absolute Gasteiger partial charge is 0.330 e. The highest BCUT2D eigenvalue weighted by atomic mass is 16.5. The highest BCUT2D eigenvalue weighted by Gasteiger charge is 2.56. The van der Waals surface area contributed by atoms with Crippen molar-refractivity contribution >= 4 is 29.2 Å². The molecule has 0 radical (unpaired) electrons. The number of hydrazone groups is 1. The van der Waals surface area contributed by atoms with E-state index in [1.165, 1.54) is 4.90 Å². The van der Waals surface area contributed by atoms with Gasteiger partial charge in [0.15, 0.2) is 0 Å². The Morgan fingerprint density at radius 3 is 2.30 bits per heavy atom. The van der Waals surface area contributed by atoms with E-state index in [1.54, 1.807) is 26.0 Å². The lowest BCUT2D eigenvalue weighted by Crippen LogP contribution is -2.50. The number of rotatable bonds is 7. The number of benzene rings is 1. The van der Waals surface area contributed by atoms with Crippen LogP contribution in [-0.4, -0.2) is 53.8 Å². The number of likely N-dealkylation sites (tertiary alicyclic amines) is 1. The summed E-state index contributed by atoms with van der Waals surface area (Å²) in [7, 11) is 0. The minimum Gasteiger partial charge on any atom is -0.465 e. The van der Waals surface area contributed by atoms with Crippen LogP contribution in [0.5, 0.6) is 0 Å². The summed E-state index contributed by atoms with van der Waals surface area (Å²) in [6.45, 7) is 3.69. The maximum absolute atomic E-state index is 13.4. The lowest BCUT2D eigenvalue weighted by molar-refractivity contribution is -0.160. The van der Waals surface area contributed by atoms with E-state index in [-0.39, 0.29) is 25.0 Å². The Labute approximate surface area is 176 Å². The van der Waals surface area contributed by atoms with Crippen LogP contribution in [0.4, 0.5) is 5.69 Å². The molecule has 1 saturated heterocycles. The van der Waals surface area contributed by atoms with E-state index in [0.717, 1.165) is 32.1 Å². The average Bonchev–Trinajstić information content (AvgIpc) is 3.06. The molecule has 1 aliphatic carbocycles. The van der Waals surface area contributed by atoms with Gasteiger partial charge < -0.3 is 14.4 Å². The zero-order chi connectivity index (χ0) is 21.5. The molecule has 1 aliphatic heterocycles. The summed E-state index contributed by atoms with van der Waals surface area (Å²) in [5.41, 5.74) is 3.50. The van der Waals surface area contributed by atoms with Crippen molar-refractivity contribution in [1.29, 1.82) is 0 Å². The monoisotopic (exact) mass is 415 g/mol. The van der Waals surface area contributed by atoms with Crippen molar-refractivity contribution in [3.05, 3.63) is 30.3 Å². The first-order valence-corrected chi connectivity index (χ1v) is 10.6. The minimum atomic E-state index is -1.13. The van der Waals surface area contributed by atoms with Gasteiger partial charge in [-0.1, -0.05) is 37.5 Å². The van der Waals surface area contributed by atoms with E-state index >= 15 is 0 Å². The van der Waals surface area contributed by atoms with Crippen molar-refractivity contribution in [2.45, 2.75) is 58.0 Å². The summed E-state index contributed by atoms with van der Waals surface area (Å²) in [5, 5.41) is 4.26. The lowest BCUT2D eigenvalue weighted by Gasteiger charge is -2.34. The summed E-state index contributed by atoms with van der Waals surface area (Å²) in [6, 6.07) is 7.93. The van der Waals surface area contributed by atoms with E-state index in [0.29, 0.717) is 5.69 Å². The lowest BCUT2D eigenvalue weighted by atomic mass is 9.92. The molecule has 0 spiro atoms. The van der Waals surface area contributed by atoms with Crippen LogP contribution < -0.4 is 5.43 Å². The van der Waals surface area contributed by atoms with Crippen LogP contribution in [0.1, 0.15) is 46.0 Å². The fourth-order valence-corrected chi connectivity index (χ4v) is 4.16. The molecule has 2 unspecified atom stereocenters. The number of anilines is 1. The summed E-state index contributed by atoms with van der Waals surface area (Å²) in [4.78, 5) is 40.6. The predicted octanol–water partition coefficient (Wildman–Crippen LogP) is 2.74. The van der Waals surface area contributed by atoms with Gasteiger partial charge in [0.2, 0.25) is 0 Å². The molecule has 2 aliphatic rings. The maximum atomic E-state index is 13.4. The van der Waals surface area contributed by atoms with Crippen LogP contribution in [0.15, 0.2) is 35.4 Å². The van der Waals surface area contributed by atoms with Gasteiger partial charge in [-0.3, -0.25) is 15.0 Å². The Hall–Kier alpha value is -2.90. The first-order chi connectivity index (χ1) is 14.6. The standard InChI is InChI=1S/C22H29N3O5/c1-3-29-21(27)17-18(24-23-15-11-7-5-8-12-15)20(26)25(16-13-9-6-10-14-16)19(17)22(28)30-4-2/h5,7-8,11-12,16-17,19,23H,3-4,6,9-10,13-14H2,1-2H3. The molecule has 2 fully saturated rings. The molecule has 2 atom stereocenters. The largest absolute Gasteiger partial charge is 0.465 e. The number of carbonyl (C=O) groups excluding carboxylic acids is 3. The molecule has 8 heteroatoms. The molecule has 1 aromatic rings.